The molecule has 1 aliphatic heterocycles. The summed E-state index contributed by atoms with van der Waals surface area (Å²) in [6, 6.07) is 15.0. The van der Waals surface area contributed by atoms with Crippen LogP contribution in [0, 0.1) is 13.8 Å². The van der Waals surface area contributed by atoms with Crippen molar-refractivity contribution in [1.29, 1.82) is 0 Å². The second-order valence-corrected chi connectivity index (χ2v) is 8.71. The zero-order chi connectivity index (χ0) is 18.7. The summed E-state index contributed by atoms with van der Waals surface area (Å²) in [6.45, 7) is 5.41. The van der Waals surface area contributed by atoms with Crippen molar-refractivity contribution in [3.05, 3.63) is 70.8 Å². The minimum Gasteiger partial charge on any atom is -0.336 e. The zero-order valence-electron chi connectivity index (χ0n) is 15.2. The SMILES string of the molecule is Cc1ccc(C(=O)N2CCN(S(=O)(=O)Cc3ccccc3C)CC2)cc1. The first-order valence-electron chi connectivity index (χ1n) is 8.75. The highest BCUT2D eigenvalue weighted by molar-refractivity contribution is 7.88. The highest BCUT2D eigenvalue weighted by atomic mass is 32.2. The van der Waals surface area contributed by atoms with Crippen LogP contribution in [-0.4, -0.2) is 49.7 Å². The number of aryl methyl sites for hydroxylation is 2. The number of sulfonamides is 1. The number of nitrogens with zero attached hydrogens (tertiary/aromatic N) is 2. The lowest BCUT2D eigenvalue weighted by molar-refractivity contribution is 0.0698. The summed E-state index contributed by atoms with van der Waals surface area (Å²) in [5, 5.41) is 0. The zero-order valence-corrected chi connectivity index (χ0v) is 16.0. The van der Waals surface area contributed by atoms with E-state index >= 15 is 0 Å². The van der Waals surface area contributed by atoms with Crippen molar-refractivity contribution in [1.82, 2.24) is 9.21 Å². The van der Waals surface area contributed by atoms with Crippen LogP contribution in [0.1, 0.15) is 27.0 Å². The fourth-order valence-electron chi connectivity index (χ4n) is 3.11. The highest BCUT2D eigenvalue weighted by Gasteiger charge is 2.29. The second-order valence-electron chi connectivity index (χ2n) is 6.74. The summed E-state index contributed by atoms with van der Waals surface area (Å²) in [5.74, 6) is -0.0352. The molecule has 2 aromatic rings. The predicted molar refractivity (Wildman–Crippen MR) is 102 cm³/mol. The molecule has 1 saturated heterocycles. The van der Waals surface area contributed by atoms with Gasteiger partial charge in [0.05, 0.1) is 5.75 Å². The van der Waals surface area contributed by atoms with E-state index in [9.17, 15) is 13.2 Å². The molecule has 1 fully saturated rings. The van der Waals surface area contributed by atoms with Gasteiger partial charge in [-0.2, -0.15) is 4.31 Å². The van der Waals surface area contributed by atoms with E-state index in [1.807, 2.05) is 62.4 Å². The van der Waals surface area contributed by atoms with Crippen LogP contribution in [-0.2, 0) is 15.8 Å². The molecule has 0 aliphatic carbocycles. The highest BCUT2D eigenvalue weighted by Crippen LogP contribution is 2.17. The average Bonchev–Trinajstić information content (AvgIpc) is 2.64. The van der Waals surface area contributed by atoms with Crippen LogP contribution in [0.4, 0.5) is 0 Å². The van der Waals surface area contributed by atoms with Crippen LogP contribution < -0.4 is 0 Å². The molecule has 2 aromatic carbocycles. The van der Waals surface area contributed by atoms with Gasteiger partial charge >= 0.3 is 0 Å². The Bertz CT molecular complexity index is 884. The van der Waals surface area contributed by atoms with E-state index in [4.69, 9.17) is 0 Å². The third-order valence-corrected chi connectivity index (χ3v) is 6.64. The van der Waals surface area contributed by atoms with E-state index < -0.39 is 10.0 Å². The summed E-state index contributed by atoms with van der Waals surface area (Å²) in [5.41, 5.74) is 3.55. The third-order valence-electron chi connectivity index (χ3n) is 4.82. The Labute approximate surface area is 155 Å². The molecule has 1 heterocycles. The number of carbonyl (C=O) groups is 1. The predicted octanol–water partition coefficient (Wildman–Crippen LogP) is 2.59. The standard InChI is InChI=1S/C20H24N2O3S/c1-16-7-9-18(10-8-16)20(23)21-11-13-22(14-12-21)26(24,25)15-19-6-4-3-5-17(19)2/h3-10H,11-15H2,1-2H3. The Morgan fingerprint density at radius 1 is 0.923 bits per heavy atom. The van der Waals surface area contributed by atoms with Gasteiger partial charge in [0.1, 0.15) is 0 Å². The summed E-state index contributed by atoms with van der Waals surface area (Å²) in [7, 11) is -3.38. The molecule has 1 aliphatic rings. The van der Waals surface area contributed by atoms with E-state index in [0.717, 1.165) is 16.7 Å². The van der Waals surface area contributed by atoms with Crippen molar-refractivity contribution in [3.8, 4) is 0 Å². The molecule has 3 rings (SSSR count). The van der Waals surface area contributed by atoms with E-state index in [1.165, 1.54) is 4.31 Å². The molecular weight excluding hydrogens is 348 g/mol. The maximum absolute atomic E-state index is 12.7. The van der Waals surface area contributed by atoms with Crippen LogP contribution in [0.5, 0.6) is 0 Å². The van der Waals surface area contributed by atoms with Crippen molar-refractivity contribution >= 4 is 15.9 Å². The van der Waals surface area contributed by atoms with Crippen LogP contribution in [0.25, 0.3) is 0 Å². The number of benzene rings is 2. The lowest BCUT2D eigenvalue weighted by atomic mass is 10.1. The van der Waals surface area contributed by atoms with Crippen LogP contribution in [0.15, 0.2) is 48.5 Å². The summed E-state index contributed by atoms with van der Waals surface area (Å²) in [6.07, 6.45) is 0. The van der Waals surface area contributed by atoms with Gasteiger partial charge in [0.2, 0.25) is 10.0 Å². The molecular formula is C20H24N2O3S. The minimum atomic E-state index is -3.38. The molecule has 5 nitrogen and oxygen atoms in total. The molecule has 0 spiro atoms. The van der Waals surface area contributed by atoms with Gasteiger partial charge in [0.15, 0.2) is 0 Å². The Hall–Kier alpha value is -2.18. The number of carbonyl (C=O) groups excluding carboxylic acids is 1. The summed E-state index contributed by atoms with van der Waals surface area (Å²) in [4.78, 5) is 14.3. The molecule has 138 valence electrons. The smallest absolute Gasteiger partial charge is 0.253 e. The van der Waals surface area contributed by atoms with Crippen molar-refractivity contribution < 1.29 is 13.2 Å². The first-order chi connectivity index (χ1) is 12.4. The van der Waals surface area contributed by atoms with Gasteiger partial charge in [-0.3, -0.25) is 4.79 Å². The van der Waals surface area contributed by atoms with E-state index in [2.05, 4.69) is 0 Å². The van der Waals surface area contributed by atoms with E-state index in [0.29, 0.717) is 31.7 Å². The lowest BCUT2D eigenvalue weighted by Crippen LogP contribution is -2.50. The fourth-order valence-corrected chi connectivity index (χ4v) is 4.73. The maximum atomic E-state index is 12.7. The number of rotatable bonds is 4. The molecule has 0 unspecified atom stereocenters. The Morgan fingerprint density at radius 2 is 1.54 bits per heavy atom. The van der Waals surface area contributed by atoms with E-state index in [-0.39, 0.29) is 11.7 Å². The number of hydrogen-bond acceptors (Lipinski definition) is 3. The molecule has 6 heteroatoms. The Kier molecular flexibility index (Phi) is 5.44. The van der Waals surface area contributed by atoms with Gasteiger partial charge in [-0.05, 0) is 37.1 Å². The first kappa shape index (κ1) is 18.6. The molecule has 26 heavy (non-hydrogen) atoms. The van der Waals surface area contributed by atoms with Gasteiger partial charge in [0.25, 0.3) is 5.91 Å². The summed E-state index contributed by atoms with van der Waals surface area (Å²) < 4.78 is 26.9. The minimum absolute atomic E-state index is 0.00554. The van der Waals surface area contributed by atoms with Crippen molar-refractivity contribution in [2.75, 3.05) is 26.2 Å². The quantitative estimate of drug-likeness (QED) is 0.829. The number of piperazine rings is 1. The van der Waals surface area contributed by atoms with Crippen molar-refractivity contribution in [2.24, 2.45) is 0 Å². The molecule has 0 saturated carbocycles. The largest absolute Gasteiger partial charge is 0.336 e. The number of hydrogen-bond donors (Lipinski definition) is 0. The molecule has 0 radical (unpaired) electrons. The summed E-state index contributed by atoms with van der Waals surface area (Å²) >= 11 is 0. The Morgan fingerprint density at radius 3 is 2.15 bits per heavy atom. The normalized spacial score (nSPS) is 15.8. The van der Waals surface area contributed by atoms with Crippen molar-refractivity contribution in [3.63, 3.8) is 0 Å². The van der Waals surface area contributed by atoms with Crippen LogP contribution >= 0.6 is 0 Å². The topological polar surface area (TPSA) is 57.7 Å². The van der Waals surface area contributed by atoms with Gasteiger partial charge in [-0.1, -0.05) is 42.0 Å². The van der Waals surface area contributed by atoms with Crippen LogP contribution in [0.2, 0.25) is 0 Å². The van der Waals surface area contributed by atoms with Crippen LogP contribution in [0.3, 0.4) is 0 Å². The molecule has 0 bridgehead atoms. The van der Waals surface area contributed by atoms with Gasteiger partial charge in [-0.25, -0.2) is 8.42 Å². The molecule has 0 aromatic heterocycles. The Balaban J connectivity index is 1.63. The van der Waals surface area contributed by atoms with Gasteiger partial charge in [-0.15, -0.1) is 0 Å². The second kappa shape index (κ2) is 7.60. The van der Waals surface area contributed by atoms with Gasteiger partial charge < -0.3 is 4.90 Å². The van der Waals surface area contributed by atoms with Gasteiger partial charge in [0, 0.05) is 31.7 Å². The number of amides is 1. The monoisotopic (exact) mass is 372 g/mol. The average molecular weight is 372 g/mol. The third kappa shape index (κ3) is 4.14. The molecule has 1 amide bonds. The van der Waals surface area contributed by atoms with E-state index in [1.54, 1.807) is 4.90 Å². The van der Waals surface area contributed by atoms with Crippen molar-refractivity contribution in [2.45, 2.75) is 19.6 Å². The fraction of sp³-hybridized carbons (Fsp3) is 0.350. The molecule has 0 atom stereocenters. The lowest BCUT2D eigenvalue weighted by Gasteiger charge is -2.34. The first-order valence-corrected chi connectivity index (χ1v) is 10.4. The maximum Gasteiger partial charge on any atom is 0.253 e. The molecule has 0 N–H and O–H groups in total.